The van der Waals surface area contributed by atoms with Crippen molar-refractivity contribution in [3.8, 4) is 0 Å². The third kappa shape index (κ3) is 2.60. The monoisotopic (exact) mass is 376 g/mol. The van der Waals surface area contributed by atoms with Gasteiger partial charge in [-0.2, -0.15) is 0 Å². The number of hydrogen-bond acceptors (Lipinski definition) is 5. The van der Waals surface area contributed by atoms with Gasteiger partial charge < -0.3 is 15.5 Å². The first kappa shape index (κ1) is 19.2. The molecule has 8 atom stereocenters. The Hall–Kier alpha value is -1.10. The zero-order valence-corrected chi connectivity index (χ0v) is 17.3. The molecule has 3 N–H and O–H groups in total. The molecule has 0 heterocycles. The minimum Gasteiger partial charge on any atom is -0.411 e. The number of oxime groups is 2. The molecule has 0 aliphatic heterocycles. The van der Waals surface area contributed by atoms with Crippen LogP contribution in [0.4, 0.5) is 0 Å². The Balaban J connectivity index is 1.71. The molecule has 27 heavy (non-hydrogen) atoms. The van der Waals surface area contributed by atoms with Crippen molar-refractivity contribution in [3.05, 3.63) is 0 Å². The highest BCUT2D eigenvalue weighted by Gasteiger charge is 2.66. The Bertz CT molecular complexity index is 672. The number of hydrogen-bond donors (Lipinski definition) is 3. The van der Waals surface area contributed by atoms with Crippen LogP contribution < -0.4 is 0 Å². The Morgan fingerprint density at radius 2 is 1.78 bits per heavy atom. The SMILES string of the molecule is C/C(=N/O)C1CCC2C3CCC4C/C(=N/O)CCC4(C)C3C(C)(O)CC12C. The van der Waals surface area contributed by atoms with Crippen LogP contribution in [0.2, 0.25) is 0 Å². The highest BCUT2D eigenvalue weighted by molar-refractivity contribution is 5.85. The summed E-state index contributed by atoms with van der Waals surface area (Å²) < 4.78 is 0. The van der Waals surface area contributed by atoms with Crippen LogP contribution in [-0.2, 0) is 0 Å². The lowest BCUT2D eigenvalue weighted by Crippen LogP contribution is -2.63. The number of rotatable bonds is 1. The summed E-state index contributed by atoms with van der Waals surface area (Å²) in [6, 6.07) is 0. The zero-order chi connectivity index (χ0) is 19.6. The first-order valence-corrected chi connectivity index (χ1v) is 10.8. The number of nitrogens with zero attached hydrogens (tertiary/aromatic N) is 2. The van der Waals surface area contributed by atoms with E-state index in [9.17, 15) is 15.5 Å². The minimum atomic E-state index is -0.713. The second kappa shape index (κ2) is 6.20. The van der Waals surface area contributed by atoms with E-state index < -0.39 is 5.60 Å². The van der Waals surface area contributed by atoms with E-state index in [4.69, 9.17) is 0 Å². The summed E-state index contributed by atoms with van der Waals surface area (Å²) >= 11 is 0. The van der Waals surface area contributed by atoms with Gasteiger partial charge in [-0.15, -0.1) is 0 Å². The lowest BCUT2D eigenvalue weighted by atomic mass is 9.41. The highest BCUT2D eigenvalue weighted by Crippen LogP contribution is 2.69. The standard InChI is InChI=1S/C22H36N2O3/c1-13(23-26)17-7-8-18-16-6-5-14-11-15(24-27)9-10-20(14,2)19(16)22(4,25)12-21(17,18)3/h14,16-19,25-27H,5-12H2,1-4H3/b23-13-,24-15+. The molecule has 0 saturated heterocycles. The summed E-state index contributed by atoms with van der Waals surface area (Å²) in [7, 11) is 0. The predicted molar refractivity (Wildman–Crippen MR) is 105 cm³/mol. The Kier molecular flexibility index (Phi) is 4.41. The summed E-state index contributed by atoms with van der Waals surface area (Å²) in [5.41, 5.74) is 1.18. The van der Waals surface area contributed by atoms with E-state index in [1.165, 1.54) is 6.42 Å². The maximum Gasteiger partial charge on any atom is 0.0661 e. The molecule has 4 rings (SSSR count). The lowest BCUT2D eigenvalue weighted by molar-refractivity contribution is -0.206. The van der Waals surface area contributed by atoms with E-state index in [0.29, 0.717) is 23.7 Å². The second-order valence-corrected chi connectivity index (χ2v) is 10.8. The summed E-state index contributed by atoms with van der Waals surface area (Å²) in [6.07, 6.45) is 8.09. The molecule has 4 fully saturated rings. The lowest BCUT2D eigenvalue weighted by Gasteiger charge is -2.65. The molecule has 0 aromatic heterocycles. The molecule has 0 amide bonds. The van der Waals surface area contributed by atoms with Crippen molar-refractivity contribution in [2.45, 2.75) is 84.7 Å². The zero-order valence-electron chi connectivity index (χ0n) is 17.3. The molecule has 0 aromatic rings. The molecule has 0 radical (unpaired) electrons. The summed E-state index contributed by atoms with van der Waals surface area (Å²) in [6.45, 7) is 8.73. The van der Waals surface area contributed by atoms with Crippen molar-refractivity contribution in [1.29, 1.82) is 0 Å². The fraction of sp³-hybridized carbons (Fsp3) is 0.909. The average molecular weight is 377 g/mol. The van der Waals surface area contributed by atoms with E-state index in [1.54, 1.807) is 0 Å². The van der Waals surface area contributed by atoms with Crippen molar-refractivity contribution in [1.82, 2.24) is 0 Å². The van der Waals surface area contributed by atoms with Gasteiger partial charge in [-0.3, -0.25) is 0 Å². The van der Waals surface area contributed by atoms with Gasteiger partial charge in [-0.1, -0.05) is 24.2 Å². The molecule has 4 aliphatic carbocycles. The second-order valence-electron chi connectivity index (χ2n) is 10.8. The van der Waals surface area contributed by atoms with Crippen molar-refractivity contribution < 1.29 is 15.5 Å². The molecular weight excluding hydrogens is 340 g/mol. The van der Waals surface area contributed by atoms with Crippen molar-refractivity contribution in [2.75, 3.05) is 0 Å². The van der Waals surface area contributed by atoms with E-state index in [2.05, 4.69) is 31.1 Å². The van der Waals surface area contributed by atoms with Crippen LogP contribution in [0.1, 0.15) is 79.1 Å². The van der Waals surface area contributed by atoms with Gasteiger partial charge in [0.25, 0.3) is 0 Å². The van der Waals surface area contributed by atoms with E-state index in [1.807, 2.05) is 6.92 Å². The molecule has 0 aromatic carbocycles. The van der Waals surface area contributed by atoms with Crippen LogP contribution in [0.15, 0.2) is 10.3 Å². The predicted octanol–water partition coefficient (Wildman–Crippen LogP) is 4.69. The first-order chi connectivity index (χ1) is 12.7. The fourth-order valence-electron chi connectivity index (χ4n) is 8.68. The molecule has 4 saturated carbocycles. The quantitative estimate of drug-likeness (QED) is 0.353. The fourth-order valence-corrected chi connectivity index (χ4v) is 8.68. The molecule has 8 unspecified atom stereocenters. The molecule has 0 spiro atoms. The van der Waals surface area contributed by atoms with Crippen molar-refractivity contribution in [2.24, 2.45) is 50.7 Å². The van der Waals surface area contributed by atoms with Gasteiger partial charge in [0.05, 0.1) is 17.0 Å². The largest absolute Gasteiger partial charge is 0.411 e. The van der Waals surface area contributed by atoms with Crippen LogP contribution in [0.5, 0.6) is 0 Å². The summed E-state index contributed by atoms with van der Waals surface area (Å²) in [5.74, 6) is 2.20. The van der Waals surface area contributed by atoms with Gasteiger partial charge in [-0.05, 0) is 99.7 Å². The van der Waals surface area contributed by atoms with Gasteiger partial charge in [0.2, 0.25) is 0 Å². The molecular formula is C22H36N2O3. The average Bonchev–Trinajstić information content (AvgIpc) is 2.95. The van der Waals surface area contributed by atoms with Gasteiger partial charge in [-0.25, -0.2) is 0 Å². The maximum atomic E-state index is 11.8. The Morgan fingerprint density at radius 1 is 1.04 bits per heavy atom. The Labute approximate surface area is 162 Å². The molecule has 0 bridgehead atoms. The third-order valence-corrected chi connectivity index (χ3v) is 9.49. The van der Waals surface area contributed by atoms with E-state index in [0.717, 1.165) is 56.4 Å². The summed E-state index contributed by atoms with van der Waals surface area (Å²) in [4.78, 5) is 0. The van der Waals surface area contributed by atoms with Crippen LogP contribution in [-0.4, -0.2) is 32.5 Å². The van der Waals surface area contributed by atoms with Crippen LogP contribution >= 0.6 is 0 Å². The normalized spacial score (nSPS) is 54.3. The molecule has 152 valence electrons. The van der Waals surface area contributed by atoms with E-state index in [-0.39, 0.29) is 16.7 Å². The van der Waals surface area contributed by atoms with Gasteiger partial charge >= 0.3 is 0 Å². The summed E-state index contributed by atoms with van der Waals surface area (Å²) in [5, 5.41) is 37.6. The van der Waals surface area contributed by atoms with Crippen LogP contribution in [0, 0.1) is 40.4 Å². The first-order valence-electron chi connectivity index (χ1n) is 10.8. The molecule has 5 nitrogen and oxygen atoms in total. The van der Waals surface area contributed by atoms with Gasteiger partial charge in [0.1, 0.15) is 0 Å². The van der Waals surface area contributed by atoms with E-state index >= 15 is 0 Å². The smallest absolute Gasteiger partial charge is 0.0661 e. The topological polar surface area (TPSA) is 85.4 Å². The number of aliphatic hydroxyl groups is 1. The van der Waals surface area contributed by atoms with Crippen LogP contribution in [0.25, 0.3) is 0 Å². The maximum absolute atomic E-state index is 11.8. The molecule has 4 aliphatic rings. The Morgan fingerprint density at radius 3 is 2.44 bits per heavy atom. The molecule has 5 heteroatoms. The van der Waals surface area contributed by atoms with Crippen molar-refractivity contribution >= 4 is 11.4 Å². The number of fused-ring (bicyclic) bond motifs is 5. The minimum absolute atomic E-state index is 0.0105. The third-order valence-electron chi connectivity index (χ3n) is 9.49. The van der Waals surface area contributed by atoms with Crippen LogP contribution in [0.3, 0.4) is 0 Å². The highest BCUT2D eigenvalue weighted by atomic mass is 16.4. The van der Waals surface area contributed by atoms with Gasteiger partial charge in [0.15, 0.2) is 0 Å². The van der Waals surface area contributed by atoms with Crippen molar-refractivity contribution in [3.63, 3.8) is 0 Å². The van der Waals surface area contributed by atoms with Gasteiger partial charge in [0, 0.05) is 5.92 Å².